The molecule has 0 aliphatic heterocycles. The van der Waals surface area contributed by atoms with Gasteiger partial charge in [0, 0.05) is 30.4 Å². The van der Waals surface area contributed by atoms with Crippen molar-refractivity contribution < 1.29 is 4.79 Å². The summed E-state index contributed by atoms with van der Waals surface area (Å²) < 4.78 is 0. The monoisotopic (exact) mass is 249 g/mol. The van der Waals surface area contributed by atoms with E-state index in [9.17, 15) is 4.79 Å². The summed E-state index contributed by atoms with van der Waals surface area (Å²) in [5.41, 5.74) is 0. The second kappa shape index (κ2) is 5.80. The highest BCUT2D eigenvalue weighted by molar-refractivity contribution is 7.12. The summed E-state index contributed by atoms with van der Waals surface area (Å²) in [6.45, 7) is 2.19. The molecule has 2 N–H and O–H groups in total. The first kappa shape index (κ1) is 12.1. The van der Waals surface area contributed by atoms with E-state index in [1.165, 1.54) is 11.3 Å². The van der Waals surface area contributed by atoms with Crippen molar-refractivity contribution in [2.45, 2.75) is 19.4 Å². The minimum absolute atomic E-state index is 0.190. The van der Waals surface area contributed by atoms with Crippen LogP contribution in [0.1, 0.15) is 22.6 Å². The van der Waals surface area contributed by atoms with Crippen LogP contribution in [0.25, 0.3) is 0 Å². The maximum Gasteiger partial charge on any atom is 0.223 e. The summed E-state index contributed by atoms with van der Waals surface area (Å²) in [5, 5.41) is 14.8. The Kier molecular flexibility index (Phi) is 4.13. The first-order valence-corrected chi connectivity index (χ1v) is 6.58. The van der Waals surface area contributed by atoms with Gasteiger partial charge in [-0.15, -0.1) is 11.3 Å². The third-order valence-electron chi connectivity index (χ3n) is 2.62. The van der Waals surface area contributed by atoms with Crippen molar-refractivity contribution in [3.05, 3.63) is 21.9 Å². The van der Waals surface area contributed by atoms with E-state index in [1.54, 1.807) is 0 Å². The van der Waals surface area contributed by atoms with E-state index in [1.807, 2.05) is 12.1 Å². The van der Waals surface area contributed by atoms with Crippen LogP contribution in [0.5, 0.6) is 0 Å². The summed E-state index contributed by atoms with van der Waals surface area (Å²) in [5.74, 6) is 0.472. The van der Waals surface area contributed by atoms with Gasteiger partial charge < -0.3 is 10.6 Å². The molecule has 1 saturated carbocycles. The number of nitrogens with one attached hydrogen (secondary N) is 2. The second-order valence-corrected chi connectivity index (χ2v) is 5.29. The molecule has 0 saturated heterocycles. The highest BCUT2D eigenvalue weighted by Crippen LogP contribution is 2.28. The Morgan fingerprint density at radius 2 is 2.29 bits per heavy atom. The van der Waals surface area contributed by atoms with Crippen molar-refractivity contribution >= 4 is 17.2 Å². The lowest BCUT2D eigenvalue weighted by atomic mass is 10.4. The van der Waals surface area contributed by atoms with E-state index in [0.29, 0.717) is 6.54 Å². The van der Waals surface area contributed by atoms with Crippen molar-refractivity contribution in [2.24, 2.45) is 5.92 Å². The van der Waals surface area contributed by atoms with Gasteiger partial charge in [-0.25, -0.2) is 0 Å². The van der Waals surface area contributed by atoms with Gasteiger partial charge in [0.1, 0.15) is 10.9 Å². The van der Waals surface area contributed by atoms with Crippen molar-refractivity contribution in [3.63, 3.8) is 0 Å². The number of hydrogen-bond donors (Lipinski definition) is 2. The van der Waals surface area contributed by atoms with Crippen LogP contribution in [0.4, 0.5) is 0 Å². The molecule has 0 unspecified atom stereocenters. The quantitative estimate of drug-likeness (QED) is 0.745. The van der Waals surface area contributed by atoms with Gasteiger partial charge in [-0.3, -0.25) is 4.79 Å². The van der Waals surface area contributed by atoms with Crippen LogP contribution in [0, 0.1) is 17.2 Å². The van der Waals surface area contributed by atoms with Crippen molar-refractivity contribution in [1.82, 2.24) is 10.6 Å². The third kappa shape index (κ3) is 3.84. The molecule has 1 aliphatic carbocycles. The lowest BCUT2D eigenvalue weighted by Crippen LogP contribution is -2.32. The highest BCUT2D eigenvalue weighted by atomic mass is 32.1. The minimum atomic E-state index is 0.190. The van der Waals surface area contributed by atoms with Crippen LogP contribution >= 0.6 is 11.3 Å². The number of nitriles is 1. The number of hydrogen-bond acceptors (Lipinski definition) is 4. The van der Waals surface area contributed by atoms with E-state index in [2.05, 4.69) is 16.7 Å². The number of thiophene rings is 1. The van der Waals surface area contributed by atoms with E-state index >= 15 is 0 Å². The van der Waals surface area contributed by atoms with Gasteiger partial charge in [-0.2, -0.15) is 5.26 Å². The fourth-order valence-electron chi connectivity index (χ4n) is 1.51. The molecular formula is C12H15N3OS. The van der Waals surface area contributed by atoms with Crippen LogP contribution in [0.2, 0.25) is 0 Å². The number of carbonyl (C=O) groups is 1. The van der Waals surface area contributed by atoms with Gasteiger partial charge in [0.15, 0.2) is 0 Å². The zero-order chi connectivity index (χ0) is 12.1. The van der Waals surface area contributed by atoms with E-state index < -0.39 is 0 Å². The van der Waals surface area contributed by atoms with Crippen molar-refractivity contribution in [1.29, 1.82) is 5.26 Å². The Bertz CT molecular complexity index is 431. The standard InChI is InChI=1S/C12H15N3OS/c13-7-10-3-4-11(17-10)8-14-5-6-15-12(16)9-1-2-9/h3-4,9,14H,1-2,5-6,8H2,(H,15,16). The van der Waals surface area contributed by atoms with Crippen molar-refractivity contribution in [3.8, 4) is 6.07 Å². The van der Waals surface area contributed by atoms with Gasteiger partial charge >= 0.3 is 0 Å². The highest BCUT2D eigenvalue weighted by Gasteiger charge is 2.28. The second-order valence-electron chi connectivity index (χ2n) is 4.12. The lowest BCUT2D eigenvalue weighted by molar-refractivity contribution is -0.122. The zero-order valence-corrected chi connectivity index (χ0v) is 10.3. The molecule has 0 spiro atoms. The average Bonchev–Trinajstić information content (AvgIpc) is 3.09. The molecule has 1 heterocycles. The van der Waals surface area contributed by atoms with Crippen LogP contribution in [-0.4, -0.2) is 19.0 Å². The first-order chi connectivity index (χ1) is 8.29. The summed E-state index contributed by atoms with van der Waals surface area (Å²) in [6.07, 6.45) is 2.09. The van der Waals surface area contributed by atoms with Gasteiger partial charge in [0.2, 0.25) is 5.91 Å². The molecule has 1 amide bonds. The SMILES string of the molecule is N#Cc1ccc(CNCCNC(=O)C2CC2)s1. The molecule has 90 valence electrons. The fourth-order valence-corrected chi connectivity index (χ4v) is 2.28. The molecular weight excluding hydrogens is 234 g/mol. The largest absolute Gasteiger partial charge is 0.355 e. The topological polar surface area (TPSA) is 64.9 Å². The van der Waals surface area contributed by atoms with Crippen LogP contribution < -0.4 is 10.6 Å². The Hall–Kier alpha value is -1.38. The van der Waals surface area contributed by atoms with Crippen LogP contribution in [0.15, 0.2) is 12.1 Å². The molecule has 17 heavy (non-hydrogen) atoms. The molecule has 0 bridgehead atoms. The maximum absolute atomic E-state index is 11.3. The zero-order valence-electron chi connectivity index (χ0n) is 9.53. The van der Waals surface area contributed by atoms with Crippen LogP contribution in [0.3, 0.4) is 0 Å². The van der Waals surface area contributed by atoms with Crippen molar-refractivity contribution in [2.75, 3.05) is 13.1 Å². The molecule has 5 heteroatoms. The molecule has 1 aromatic rings. The Balaban J connectivity index is 1.56. The molecule has 1 aromatic heterocycles. The molecule has 0 atom stereocenters. The summed E-state index contributed by atoms with van der Waals surface area (Å²) in [7, 11) is 0. The Labute approximate surface area is 105 Å². The predicted molar refractivity (Wildman–Crippen MR) is 66.5 cm³/mol. The molecule has 2 rings (SSSR count). The smallest absolute Gasteiger partial charge is 0.223 e. The summed E-state index contributed by atoms with van der Waals surface area (Å²) >= 11 is 1.50. The number of rotatable bonds is 6. The van der Waals surface area contributed by atoms with Gasteiger partial charge in [-0.1, -0.05) is 0 Å². The Morgan fingerprint density at radius 3 is 2.94 bits per heavy atom. The normalized spacial score (nSPS) is 14.3. The van der Waals surface area contributed by atoms with E-state index in [-0.39, 0.29) is 11.8 Å². The van der Waals surface area contributed by atoms with Gasteiger partial charge in [0.05, 0.1) is 0 Å². The molecule has 0 radical (unpaired) electrons. The van der Waals surface area contributed by atoms with E-state index in [4.69, 9.17) is 5.26 Å². The molecule has 1 aliphatic rings. The van der Waals surface area contributed by atoms with Gasteiger partial charge in [0.25, 0.3) is 0 Å². The number of amides is 1. The molecule has 0 aromatic carbocycles. The summed E-state index contributed by atoms with van der Waals surface area (Å²) in [6, 6.07) is 5.90. The molecule has 1 fully saturated rings. The van der Waals surface area contributed by atoms with Crippen LogP contribution in [-0.2, 0) is 11.3 Å². The maximum atomic E-state index is 11.3. The average molecular weight is 249 g/mol. The first-order valence-electron chi connectivity index (χ1n) is 5.77. The fraction of sp³-hybridized carbons (Fsp3) is 0.500. The number of carbonyl (C=O) groups excluding carboxylic acids is 1. The predicted octanol–water partition coefficient (Wildman–Crippen LogP) is 1.24. The van der Waals surface area contributed by atoms with Gasteiger partial charge in [-0.05, 0) is 25.0 Å². The minimum Gasteiger partial charge on any atom is -0.355 e. The summed E-state index contributed by atoms with van der Waals surface area (Å²) in [4.78, 5) is 13.2. The lowest BCUT2D eigenvalue weighted by Gasteiger charge is -2.05. The molecule has 4 nitrogen and oxygen atoms in total. The van der Waals surface area contributed by atoms with E-state index in [0.717, 1.165) is 35.7 Å². The Morgan fingerprint density at radius 1 is 1.47 bits per heavy atom. The third-order valence-corrected chi connectivity index (χ3v) is 3.61. The number of nitrogens with zero attached hydrogens (tertiary/aromatic N) is 1.